The average molecular weight is 198 g/mol. The van der Waals surface area contributed by atoms with E-state index in [0.717, 1.165) is 6.42 Å². The monoisotopic (exact) mass is 198 g/mol. The molecule has 0 spiro atoms. The molecule has 0 N–H and O–H groups in total. The highest BCUT2D eigenvalue weighted by molar-refractivity contribution is 5.80. The molecule has 5 unspecified atom stereocenters. The second-order valence-electron chi connectivity index (χ2n) is 4.88. The number of hydrogen-bond donors (Lipinski definition) is 0. The molecule has 4 heteroatoms. The van der Waals surface area contributed by atoms with Gasteiger partial charge in [0, 0.05) is 6.42 Å². The number of rotatable bonds is 1. The van der Waals surface area contributed by atoms with E-state index in [-0.39, 0.29) is 29.9 Å². The minimum Gasteiger partial charge on any atom is -0.468 e. The molecule has 1 aliphatic carbocycles. The van der Waals surface area contributed by atoms with E-state index in [1.807, 2.05) is 13.8 Å². The van der Waals surface area contributed by atoms with E-state index in [4.69, 9.17) is 14.2 Å². The van der Waals surface area contributed by atoms with Crippen LogP contribution in [0.3, 0.4) is 0 Å². The van der Waals surface area contributed by atoms with Crippen molar-refractivity contribution in [2.24, 2.45) is 5.41 Å². The Morgan fingerprint density at radius 1 is 1.50 bits per heavy atom. The second kappa shape index (κ2) is 2.14. The number of ether oxygens (including phenoxy) is 3. The molecule has 3 fully saturated rings. The summed E-state index contributed by atoms with van der Waals surface area (Å²) in [7, 11) is 1.42. The number of epoxide rings is 2. The minimum atomic E-state index is -0.591. The van der Waals surface area contributed by atoms with Crippen molar-refractivity contribution in [3.8, 4) is 0 Å². The van der Waals surface area contributed by atoms with Crippen LogP contribution in [0.15, 0.2) is 0 Å². The van der Waals surface area contributed by atoms with E-state index in [2.05, 4.69) is 0 Å². The van der Waals surface area contributed by atoms with Gasteiger partial charge in [0.15, 0.2) is 0 Å². The van der Waals surface area contributed by atoms with Gasteiger partial charge < -0.3 is 14.2 Å². The van der Waals surface area contributed by atoms with Crippen molar-refractivity contribution in [2.45, 2.75) is 44.2 Å². The Morgan fingerprint density at radius 3 is 2.86 bits per heavy atom. The molecule has 0 aromatic carbocycles. The van der Waals surface area contributed by atoms with Gasteiger partial charge in [-0.05, 0) is 13.8 Å². The predicted octanol–water partition coefficient (Wildman–Crippen LogP) is 0.494. The average Bonchev–Trinajstić information content (AvgIpc) is 3.00. The Morgan fingerprint density at radius 2 is 2.21 bits per heavy atom. The van der Waals surface area contributed by atoms with Crippen LogP contribution in [-0.2, 0) is 19.0 Å². The third-order valence-electron chi connectivity index (χ3n) is 3.83. The number of carbonyl (C=O) groups excluding carboxylic acids is 1. The summed E-state index contributed by atoms with van der Waals surface area (Å²) < 4.78 is 16.0. The molecule has 1 saturated carbocycles. The molecule has 5 atom stereocenters. The Bertz CT molecular complexity index is 315. The number of carbonyl (C=O) groups is 1. The highest BCUT2D eigenvalue weighted by Gasteiger charge is 2.77. The van der Waals surface area contributed by atoms with Crippen LogP contribution in [0.4, 0.5) is 0 Å². The molecule has 0 aromatic heterocycles. The van der Waals surface area contributed by atoms with E-state index in [9.17, 15) is 4.79 Å². The van der Waals surface area contributed by atoms with Crippen LogP contribution in [0.2, 0.25) is 0 Å². The van der Waals surface area contributed by atoms with E-state index in [0.29, 0.717) is 0 Å². The molecule has 0 amide bonds. The predicted molar refractivity (Wildman–Crippen MR) is 46.7 cm³/mol. The molecule has 2 aliphatic heterocycles. The van der Waals surface area contributed by atoms with Crippen molar-refractivity contribution in [1.29, 1.82) is 0 Å². The van der Waals surface area contributed by atoms with E-state index >= 15 is 0 Å². The van der Waals surface area contributed by atoms with Crippen LogP contribution in [0.25, 0.3) is 0 Å². The van der Waals surface area contributed by atoms with Crippen LogP contribution in [0.5, 0.6) is 0 Å². The summed E-state index contributed by atoms with van der Waals surface area (Å²) in [6, 6.07) is 0. The molecule has 3 rings (SSSR count). The first kappa shape index (κ1) is 8.68. The topological polar surface area (TPSA) is 51.4 Å². The first-order valence-corrected chi connectivity index (χ1v) is 4.94. The summed E-state index contributed by atoms with van der Waals surface area (Å²) in [5.41, 5.74) is -0.743. The normalized spacial score (nSPS) is 58.4. The fraction of sp³-hybridized carbons (Fsp3) is 0.900. The minimum absolute atomic E-state index is 0.00975. The summed E-state index contributed by atoms with van der Waals surface area (Å²) in [5, 5.41) is 0. The molecular weight excluding hydrogens is 184 g/mol. The van der Waals surface area contributed by atoms with Crippen LogP contribution in [-0.4, -0.2) is 37.0 Å². The number of esters is 1. The lowest BCUT2D eigenvalue weighted by molar-refractivity contribution is -0.154. The fourth-order valence-corrected chi connectivity index (χ4v) is 2.96. The SMILES string of the molecule is COC(=O)C1(C)C2OC2CC2(C)OC21. The molecule has 2 saturated heterocycles. The molecule has 2 heterocycles. The van der Waals surface area contributed by atoms with Crippen molar-refractivity contribution in [3.63, 3.8) is 0 Å². The van der Waals surface area contributed by atoms with E-state index in [1.54, 1.807) is 0 Å². The number of hydrogen-bond acceptors (Lipinski definition) is 4. The van der Waals surface area contributed by atoms with E-state index < -0.39 is 5.41 Å². The van der Waals surface area contributed by atoms with Gasteiger partial charge in [-0.2, -0.15) is 0 Å². The van der Waals surface area contributed by atoms with Crippen LogP contribution < -0.4 is 0 Å². The lowest BCUT2D eigenvalue weighted by Gasteiger charge is -2.26. The van der Waals surface area contributed by atoms with Gasteiger partial charge in [0.2, 0.25) is 0 Å². The fourth-order valence-electron chi connectivity index (χ4n) is 2.96. The summed E-state index contributed by atoms with van der Waals surface area (Å²) in [5.74, 6) is -0.210. The van der Waals surface area contributed by atoms with Crippen LogP contribution in [0.1, 0.15) is 20.3 Å². The molecule has 14 heavy (non-hydrogen) atoms. The standard InChI is InChI=1S/C10H14O4/c1-9-4-5-6(13-5)10(2,7(9)14-9)8(11)12-3/h5-7H,4H2,1-3H3. The largest absolute Gasteiger partial charge is 0.468 e. The highest BCUT2D eigenvalue weighted by atomic mass is 16.7. The lowest BCUT2D eigenvalue weighted by Crippen LogP contribution is -2.46. The van der Waals surface area contributed by atoms with Crippen LogP contribution in [0, 0.1) is 5.41 Å². The van der Waals surface area contributed by atoms with Gasteiger partial charge in [-0.3, -0.25) is 4.79 Å². The highest BCUT2D eigenvalue weighted by Crippen LogP contribution is 2.63. The third kappa shape index (κ3) is 0.792. The van der Waals surface area contributed by atoms with Crippen LogP contribution >= 0.6 is 0 Å². The maximum atomic E-state index is 11.7. The first-order chi connectivity index (χ1) is 6.52. The summed E-state index contributed by atoms with van der Waals surface area (Å²) in [6.45, 7) is 3.93. The third-order valence-corrected chi connectivity index (χ3v) is 3.83. The maximum Gasteiger partial charge on any atom is 0.317 e. The van der Waals surface area contributed by atoms with Crippen molar-refractivity contribution >= 4 is 5.97 Å². The van der Waals surface area contributed by atoms with Gasteiger partial charge >= 0.3 is 5.97 Å². The smallest absolute Gasteiger partial charge is 0.317 e. The zero-order valence-corrected chi connectivity index (χ0v) is 8.57. The summed E-state index contributed by atoms with van der Waals surface area (Å²) in [4.78, 5) is 11.7. The van der Waals surface area contributed by atoms with Gasteiger partial charge in [0.1, 0.15) is 17.6 Å². The van der Waals surface area contributed by atoms with Gasteiger partial charge in [-0.1, -0.05) is 0 Å². The second-order valence-corrected chi connectivity index (χ2v) is 4.88. The Hall–Kier alpha value is -0.610. The number of fused-ring (bicyclic) bond motifs is 2. The zero-order chi connectivity index (χ0) is 10.1. The molecule has 0 bridgehead atoms. The zero-order valence-electron chi connectivity index (χ0n) is 8.57. The van der Waals surface area contributed by atoms with Gasteiger partial charge in [-0.15, -0.1) is 0 Å². The molecule has 3 aliphatic rings. The molecule has 0 aromatic rings. The van der Waals surface area contributed by atoms with Gasteiger partial charge in [-0.25, -0.2) is 0 Å². The Labute approximate surface area is 82.5 Å². The van der Waals surface area contributed by atoms with Gasteiger partial charge in [0.05, 0.1) is 18.8 Å². The Kier molecular flexibility index (Phi) is 1.33. The van der Waals surface area contributed by atoms with Crippen molar-refractivity contribution in [1.82, 2.24) is 0 Å². The van der Waals surface area contributed by atoms with Gasteiger partial charge in [0.25, 0.3) is 0 Å². The molecule has 78 valence electrons. The quantitative estimate of drug-likeness (QED) is 0.454. The molecule has 4 nitrogen and oxygen atoms in total. The Balaban J connectivity index is 1.95. The van der Waals surface area contributed by atoms with Crippen molar-refractivity contribution in [2.75, 3.05) is 7.11 Å². The van der Waals surface area contributed by atoms with Crippen molar-refractivity contribution in [3.05, 3.63) is 0 Å². The summed E-state index contributed by atoms with van der Waals surface area (Å²) in [6.07, 6.45) is 1.10. The lowest BCUT2D eigenvalue weighted by atomic mass is 9.71. The first-order valence-electron chi connectivity index (χ1n) is 4.94. The van der Waals surface area contributed by atoms with E-state index in [1.165, 1.54) is 7.11 Å². The number of methoxy groups -OCH3 is 1. The molecule has 0 radical (unpaired) electrons. The summed E-state index contributed by atoms with van der Waals surface area (Å²) >= 11 is 0. The molecular formula is C10H14O4. The van der Waals surface area contributed by atoms with Crippen molar-refractivity contribution < 1.29 is 19.0 Å². The maximum absolute atomic E-state index is 11.7.